The summed E-state index contributed by atoms with van der Waals surface area (Å²) in [6.07, 6.45) is 3.42. The normalized spacial score (nSPS) is 16.9. The van der Waals surface area contributed by atoms with Crippen LogP contribution in [0.15, 0.2) is 42.5 Å². The molecule has 3 aliphatic heterocycles. The Hall–Kier alpha value is -4.21. The number of hydrogen-bond donors (Lipinski definition) is 1. The maximum absolute atomic E-state index is 12.8. The highest BCUT2D eigenvalue weighted by atomic mass is 16.5. The molecule has 37 heavy (non-hydrogen) atoms. The first-order valence-corrected chi connectivity index (χ1v) is 12.5. The lowest BCUT2D eigenvalue weighted by Gasteiger charge is -2.33. The molecule has 2 aromatic rings. The van der Waals surface area contributed by atoms with Crippen LogP contribution in [0.1, 0.15) is 52.8 Å². The Bertz CT molecular complexity index is 1230. The fourth-order valence-corrected chi connectivity index (χ4v) is 4.90. The predicted molar refractivity (Wildman–Crippen MR) is 134 cm³/mol. The van der Waals surface area contributed by atoms with Gasteiger partial charge in [0, 0.05) is 31.7 Å². The van der Waals surface area contributed by atoms with Crippen LogP contribution in [-0.4, -0.2) is 72.1 Å². The molecule has 1 N–H and O–H groups in total. The second-order valence-corrected chi connectivity index (χ2v) is 9.35. The van der Waals surface area contributed by atoms with Gasteiger partial charge in [-0.25, -0.2) is 0 Å². The molecule has 0 aliphatic carbocycles. The molecule has 0 atom stereocenters. The van der Waals surface area contributed by atoms with Gasteiger partial charge in [0.05, 0.1) is 16.8 Å². The molecule has 0 radical (unpaired) electrons. The van der Waals surface area contributed by atoms with Crippen molar-refractivity contribution in [1.29, 1.82) is 0 Å². The third-order valence-electron chi connectivity index (χ3n) is 6.85. The average molecular weight is 505 g/mol. The van der Waals surface area contributed by atoms with E-state index < -0.39 is 0 Å². The summed E-state index contributed by atoms with van der Waals surface area (Å²) < 4.78 is 5.52. The Kier molecular flexibility index (Phi) is 6.89. The van der Waals surface area contributed by atoms with Crippen LogP contribution >= 0.6 is 0 Å². The molecule has 1 saturated heterocycles. The number of imide groups is 1. The monoisotopic (exact) mass is 504 g/mol. The number of nitrogens with zero attached hydrogens (tertiary/aromatic N) is 3. The lowest BCUT2D eigenvalue weighted by Crippen LogP contribution is -2.47. The molecule has 1 fully saturated rings. The molecule has 0 bridgehead atoms. The summed E-state index contributed by atoms with van der Waals surface area (Å²) in [5.74, 6) is -0.949. The van der Waals surface area contributed by atoms with Gasteiger partial charge in [-0.2, -0.15) is 0 Å². The summed E-state index contributed by atoms with van der Waals surface area (Å²) in [6, 6.07) is 11.6. The number of fused-ring (bicyclic) bond motifs is 2. The Labute approximate surface area is 214 Å². The highest BCUT2D eigenvalue weighted by Gasteiger charge is 2.34. The number of carbonyl (C=O) groups excluding carboxylic acids is 5. The molecular weight excluding hydrogens is 476 g/mol. The summed E-state index contributed by atoms with van der Waals surface area (Å²) in [4.78, 5) is 67.3. The molecule has 0 spiro atoms. The molecule has 0 unspecified atom stereocenters. The van der Waals surface area contributed by atoms with Crippen molar-refractivity contribution in [2.24, 2.45) is 0 Å². The largest absolute Gasteiger partial charge is 0.482 e. The van der Waals surface area contributed by atoms with Gasteiger partial charge in [-0.3, -0.25) is 33.8 Å². The Balaban J connectivity index is 1.19. The number of anilines is 2. The van der Waals surface area contributed by atoms with Crippen LogP contribution in [0.4, 0.5) is 11.4 Å². The molecule has 0 aromatic heterocycles. The van der Waals surface area contributed by atoms with E-state index in [1.54, 1.807) is 47.4 Å². The number of benzene rings is 2. The zero-order valence-corrected chi connectivity index (χ0v) is 20.4. The van der Waals surface area contributed by atoms with E-state index in [-0.39, 0.29) is 55.7 Å². The molecule has 3 heterocycles. The van der Waals surface area contributed by atoms with E-state index in [9.17, 15) is 24.0 Å². The first-order valence-electron chi connectivity index (χ1n) is 12.5. The maximum atomic E-state index is 12.8. The molecule has 10 heteroatoms. The van der Waals surface area contributed by atoms with Gasteiger partial charge in [-0.15, -0.1) is 0 Å². The highest BCUT2D eigenvalue weighted by Crippen LogP contribution is 2.35. The van der Waals surface area contributed by atoms with E-state index in [4.69, 9.17) is 4.74 Å². The predicted octanol–water partition coefficient (Wildman–Crippen LogP) is 2.44. The van der Waals surface area contributed by atoms with E-state index in [0.29, 0.717) is 47.8 Å². The van der Waals surface area contributed by atoms with E-state index >= 15 is 0 Å². The van der Waals surface area contributed by atoms with E-state index in [2.05, 4.69) is 5.32 Å². The van der Waals surface area contributed by atoms with Gasteiger partial charge in [-0.05, 0) is 56.0 Å². The number of carbonyl (C=O) groups is 5. The Morgan fingerprint density at radius 2 is 1.59 bits per heavy atom. The average Bonchev–Trinajstić information content (AvgIpc) is 3.16. The topological polar surface area (TPSA) is 116 Å². The fourth-order valence-electron chi connectivity index (χ4n) is 4.90. The minimum absolute atomic E-state index is 0.0765. The van der Waals surface area contributed by atoms with E-state index in [1.165, 1.54) is 4.90 Å². The van der Waals surface area contributed by atoms with Crippen molar-refractivity contribution in [1.82, 2.24) is 9.80 Å². The summed E-state index contributed by atoms with van der Waals surface area (Å²) in [6.45, 7) is 1.30. The third kappa shape index (κ3) is 5.04. The number of rotatable bonds is 7. The lowest BCUT2D eigenvalue weighted by molar-refractivity contribution is -0.132. The third-order valence-corrected chi connectivity index (χ3v) is 6.85. The van der Waals surface area contributed by atoms with Gasteiger partial charge in [-0.1, -0.05) is 12.1 Å². The zero-order chi connectivity index (χ0) is 25.9. The number of ether oxygens (including phenoxy) is 1. The van der Waals surface area contributed by atoms with Gasteiger partial charge in [0.25, 0.3) is 17.7 Å². The number of hydrogen-bond acceptors (Lipinski definition) is 6. The first kappa shape index (κ1) is 24.5. The van der Waals surface area contributed by atoms with Crippen LogP contribution in [0.2, 0.25) is 0 Å². The number of likely N-dealkylation sites (tertiary alicyclic amines) is 1. The van der Waals surface area contributed by atoms with Crippen LogP contribution in [0.5, 0.6) is 5.75 Å². The van der Waals surface area contributed by atoms with Gasteiger partial charge in [0.15, 0.2) is 6.61 Å². The van der Waals surface area contributed by atoms with Crippen LogP contribution in [0.3, 0.4) is 0 Å². The second kappa shape index (κ2) is 10.4. The van der Waals surface area contributed by atoms with Gasteiger partial charge in [0.2, 0.25) is 11.8 Å². The lowest BCUT2D eigenvalue weighted by atomic mass is 10.1. The number of piperidine rings is 1. The molecular formula is C27H28N4O6. The summed E-state index contributed by atoms with van der Waals surface area (Å²) in [7, 11) is 0. The van der Waals surface area contributed by atoms with Crippen molar-refractivity contribution in [3.8, 4) is 5.75 Å². The summed E-state index contributed by atoms with van der Waals surface area (Å²) in [5, 5.41) is 2.79. The molecule has 2 aromatic carbocycles. The fraction of sp³-hybridized carbons (Fsp3) is 0.370. The summed E-state index contributed by atoms with van der Waals surface area (Å²) in [5.41, 5.74) is 1.65. The van der Waals surface area contributed by atoms with Crippen molar-refractivity contribution in [3.05, 3.63) is 53.6 Å². The number of amides is 5. The standard InChI is InChI=1S/C27H28N4O6/c32-23(9-6-14-30-26(35)19-7-2-3-8-20(19)27(30)36)28-18-10-11-22-21(15-18)31(25(34)17-37-22)16-24(33)29-12-4-1-5-13-29/h2-3,7-8,10-11,15H,1,4-6,9,12-14,16-17H2,(H,28,32). The molecule has 5 amide bonds. The van der Waals surface area contributed by atoms with Crippen molar-refractivity contribution >= 4 is 40.9 Å². The molecule has 5 rings (SSSR count). The van der Waals surface area contributed by atoms with Crippen LogP contribution in [-0.2, 0) is 14.4 Å². The maximum Gasteiger partial charge on any atom is 0.265 e. The van der Waals surface area contributed by atoms with Gasteiger partial charge in [0.1, 0.15) is 12.3 Å². The van der Waals surface area contributed by atoms with Crippen LogP contribution in [0.25, 0.3) is 0 Å². The molecule has 10 nitrogen and oxygen atoms in total. The minimum Gasteiger partial charge on any atom is -0.482 e. The summed E-state index contributed by atoms with van der Waals surface area (Å²) >= 11 is 0. The van der Waals surface area contributed by atoms with Crippen molar-refractivity contribution in [2.45, 2.75) is 32.1 Å². The highest BCUT2D eigenvalue weighted by molar-refractivity contribution is 6.21. The van der Waals surface area contributed by atoms with Crippen LogP contribution < -0.4 is 15.0 Å². The van der Waals surface area contributed by atoms with Crippen LogP contribution in [0, 0.1) is 0 Å². The smallest absolute Gasteiger partial charge is 0.265 e. The van der Waals surface area contributed by atoms with Crippen molar-refractivity contribution in [3.63, 3.8) is 0 Å². The van der Waals surface area contributed by atoms with E-state index in [0.717, 1.165) is 24.2 Å². The van der Waals surface area contributed by atoms with Crippen molar-refractivity contribution < 1.29 is 28.7 Å². The second-order valence-electron chi connectivity index (χ2n) is 9.35. The Morgan fingerprint density at radius 1 is 0.892 bits per heavy atom. The zero-order valence-electron chi connectivity index (χ0n) is 20.4. The van der Waals surface area contributed by atoms with Crippen molar-refractivity contribution in [2.75, 3.05) is 43.0 Å². The Morgan fingerprint density at radius 3 is 2.30 bits per heavy atom. The van der Waals surface area contributed by atoms with Gasteiger partial charge < -0.3 is 15.0 Å². The SMILES string of the molecule is O=C(CCCN1C(=O)c2ccccc2C1=O)Nc1ccc2c(c1)N(CC(=O)N1CCCCC1)C(=O)CO2. The molecule has 3 aliphatic rings. The number of nitrogens with one attached hydrogen (secondary N) is 1. The minimum atomic E-state index is -0.348. The quantitative estimate of drug-likeness (QED) is 0.579. The molecule has 192 valence electrons. The van der Waals surface area contributed by atoms with Gasteiger partial charge >= 0.3 is 0 Å². The molecule has 0 saturated carbocycles. The first-order chi connectivity index (χ1) is 17.9. The van der Waals surface area contributed by atoms with E-state index in [1.807, 2.05) is 0 Å².